The molecule has 3 fully saturated rings. The van der Waals surface area contributed by atoms with Crippen molar-refractivity contribution in [2.75, 3.05) is 16.8 Å². The molecular formula is C27H28F6N6O2. The van der Waals surface area contributed by atoms with Crippen LogP contribution in [0.15, 0.2) is 47.3 Å². The molecule has 1 aliphatic heterocycles. The minimum Gasteiger partial charge on any atom is -0.424 e. The standard InChI is InChI=1S/C27H28F6N6O2/c28-26(29,30)17-11-34-24(35-12-17)39-14-15-9-21(22(39)10-15)37-19-3-1-2-4-20(19)38-25-36-13-23(40-25)16-5-7-18(8-6-16)41-27(31,32)33/h5-8,11-13,15,19-22,37H,1-4,9-10,14H2,(H,36,38)/t15-,19-,20-,21+,22-/m1/s1. The van der Waals surface area contributed by atoms with E-state index in [0.29, 0.717) is 29.2 Å². The van der Waals surface area contributed by atoms with Crippen LogP contribution in [0.2, 0.25) is 0 Å². The fourth-order valence-electron chi connectivity index (χ4n) is 6.28. The van der Waals surface area contributed by atoms with Crippen LogP contribution in [0.3, 0.4) is 0 Å². The van der Waals surface area contributed by atoms with E-state index in [4.69, 9.17) is 4.42 Å². The molecule has 1 aromatic carbocycles. The number of hydrogen-bond acceptors (Lipinski definition) is 8. The fourth-order valence-corrected chi connectivity index (χ4v) is 6.28. The van der Waals surface area contributed by atoms with E-state index in [0.717, 1.165) is 57.5 Å². The zero-order chi connectivity index (χ0) is 28.8. The number of anilines is 2. The van der Waals surface area contributed by atoms with E-state index >= 15 is 0 Å². The number of hydrogen-bond donors (Lipinski definition) is 2. The Labute approximate surface area is 231 Å². The van der Waals surface area contributed by atoms with Crippen molar-refractivity contribution in [1.29, 1.82) is 0 Å². The summed E-state index contributed by atoms with van der Waals surface area (Å²) in [6.07, 6.45) is -0.201. The summed E-state index contributed by atoms with van der Waals surface area (Å²) in [4.78, 5) is 14.4. The monoisotopic (exact) mass is 582 g/mol. The number of alkyl halides is 6. The third-order valence-electron chi connectivity index (χ3n) is 8.09. The molecule has 3 aliphatic rings. The predicted molar refractivity (Wildman–Crippen MR) is 136 cm³/mol. The molecule has 1 saturated heterocycles. The van der Waals surface area contributed by atoms with E-state index in [-0.39, 0.29) is 29.9 Å². The van der Waals surface area contributed by atoms with Gasteiger partial charge in [-0.2, -0.15) is 13.2 Å². The van der Waals surface area contributed by atoms with Crippen LogP contribution in [0, 0.1) is 5.92 Å². The van der Waals surface area contributed by atoms with Crippen LogP contribution in [0.25, 0.3) is 11.3 Å². The van der Waals surface area contributed by atoms with Gasteiger partial charge in [-0.3, -0.25) is 0 Å². The molecule has 3 heterocycles. The number of nitrogens with zero attached hydrogens (tertiary/aromatic N) is 4. The average Bonchev–Trinajstić information content (AvgIpc) is 3.65. The van der Waals surface area contributed by atoms with Crippen molar-refractivity contribution in [3.8, 4) is 17.1 Å². The summed E-state index contributed by atoms with van der Waals surface area (Å²) in [6, 6.07) is 6.09. The van der Waals surface area contributed by atoms with Crippen LogP contribution in [0.1, 0.15) is 44.1 Å². The van der Waals surface area contributed by atoms with E-state index in [1.165, 1.54) is 30.5 Å². The van der Waals surface area contributed by atoms with Crippen LogP contribution in [0.5, 0.6) is 5.75 Å². The summed E-state index contributed by atoms with van der Waals surface area (Å²) in [5, 5.41) is 7.19. The van der Waals surface area contributed by atoms with Crippen molar-refractivity contribution in [3.05, 3.63) is 48.4 Å². The van der Waals surface area contributed by atoms with Gasteiger partial charge in [-0.05, 0) is 55.9 Å². The molecule has 2 saturated carbocycles. The molecule has 41 heavy (non-hydrogen) atoms. The van der Waals surface area contributed by atoms with Crippen LogP contribution >= 0.6 is 0 Å². The summed E-state index contributed by atoms with van der Waals surface area (Å²) in [5.74, 6) is 0.826. The van der Waals surface area contributed by atoms with Crippen LogP contribution in [-0.2, 0) is 6.18 Å². The highest BCUT2D eigenvalue weighted by Crippen LogP contribution is 2.41. The van der Waals surface area contributed by atoms with Crippen molar-refractivity contribution in [2.24, 2.45) is 5.92 Å². The number of halogens is 6. The summed E-state index contributed by atoms with van der Waals surface area (Å²) < 4.78 is 86.0. The first-order valence-corrected chi connectivity index (χ1v) is 13.5. The second-order valence-corrected chi connectivity index (χ2v) is 10.8. The molecule has 0 unspecified atom stereocenters. The Morgan fingerprint density at radius 2 is 1.56 bits per heavy atom. The van der Waals surface area contributed by atoms with Crippen molar-refractivity contribution < 1.29 is 35.5 Å². The summed E-state index contributed by atoms with van der Waals surface area (Å²) in [5.41, 5.74) is -0.301. The second kappa shape index (κ2) is 10.7. The molecule has 6 rings (SSSR count). The minimum atomic E-state index is -4.76. The van der Waals surface area contributed by atoms with Crippen molar-refractivity contribution >= 4 is 12.0 Å². The third kappa shape index (κ3) is 6.21. The highest BCUT2D eigenvalue weighted by atomic mass is 19.4. The number of ether oxygens (including phenoxy) is 1. The van der Waals surface area contributed by atoms with E-state index < -0.39 is 18.1 Å². The molecule has 5 atom stereocenters. The Balaban J connectivity index is 1.09. The van der Waals surface area contributed by atoms with Crippen molar-refractivity contribution in [3.63, 3.8) is 0 Å². The van der Waals surface area contributed by atoms with Gasteiger partial charge in [0, 0.05) is 48.7 Å². The fraction of sp³-hybridized carbons (Fsp3) is 0.519. The van der Waals surface area contributed by atoms with Crippen LogP contribution in [-0.4, -0.2) is 52.0 Å². The first kappa shape index (κ1) is 27.6. The summed E-state index contributed by atoms with van der Waals surface area (Å²) in [6.45, 7) is 0.725. The Hall–Kier alpha value is -3.55. The van der Waals surface area contributed by atoms with E-state index in [2.05, 4.69) is 30.3 Å². The Morgan fingerprint density at radius 3 is 2.22 bits per heavy atom. The molecular weight excluding hydrogens is 554 g/mol. The van der Waals surface area contributed by atoms with Crippen LogP contribution < -0.4 is 20.3 Å². The van der Waals surface area contributed by atoms with E-state index in [9.17, 15) is 26.3 Å². The summed E-state index contributed by atoms with van der Waals surface area (Å²) >= 11 is 0. The van der Waals surface area contributed by atoms with Gasteiger partial charge in [-0.15, -0.1) is 13.2 Å². The number of fused-ring (bicyclic) bond motifs is 2. The zero-order valence-electron chi connectivity index (χ0n) is 21.8. The molecule has 2 bridgehead atoms. The molecule has 0 amide bonds. The Bertz CT molecular complexity index is 1330. The first-order chi connectivity index (χ1) is 19.5. The van der Waals surface area contributed by atoms with Crippen LogP contribution in [0.4, 0.5) is 38.3 Å². The highest BCUT2D eigenvalue weighted by molar-refractivity contribution is 5.58. The largest absolute Gasteiger partial charge is 0.573 e. The number of nitrogens with one attached hydrogen (secondary N) is 2. The highest BCUT2D eigenvalue weighted by Gasteiger charge is 2.47. The molecule has 2 N–H and O–H groups in total. The molecule has 3 aromatic rings. The first-order valence-electron chi connectivity index (χ1n) is 13.5. The van der Waals surface area contributed by atoms with Gasteiger partial charge in [0.05, 0.1) is 11.8 Å². The Morgan fingerprint density at radius 1 is 0.854 bits per heavy atom. The topological polar surface area (TPSA) is 88.3 Å². The lowest BCUT2D eigenvalue weighted by Gasteiger charge is -2.39. The Kier molecular flexibility index (Phi) is 7.20. The normalized spacial score (nSPS) is 26.4. The molecule has 220 valence electrons. The lowest BCUT2D eigenvalue weighted by molar-refractivity contribution is -0.274. The van der Waals surface area contributed by atoms with Gasteiger partial charge in [0.15, 0.2) is 5.76 Å². The number of rotatable bonds is 7. The van der Waals surface area contributed by atoms with Crippen molar-refractivity contribution in [1.82, 2.24) is 20.3 Å². The van der Waals surface area contributed by atoms with E-state index in [1.807, 2.05) is 4.90 Å². The maximum Gasteiger partial charge on any atom is 0.573 e. The molecule has 14 heteroatoms. The lowest BCUT2D eigenvalue weighted by Crippen LogP contribution is -2.56. The number of aromatic nitrogens is 3. The second-order valence-electron chi connectivity index (χ2n) is 10.8. The number of benzene rings is 1. The van der Waals surface area contributed by atoms with Gasteiger partial charge in [0.25, 0.3) is 6.01 Å². The molecule has 8 nitrogen and oxygen atoms in total. The van der Waals surface area contributed by atoms with Gasteiger partial charge in [0.1, 0.15) is 5.75 Å². The smallest absolute Gasteiger partial charge is 0.424 e. The third-order valence-corrected chi connectivity index (χ3v) is 8.09. The molecule has 2 aromatic heterocycles. The van der Waals surface area contributed by atoms with Gasteiger partial charge in [0.2, 0.25) is 5.95 Å². The van der Waals surface area contributed by atoms with E-state index in [1.54, 1.807) is 0 Å². The minimum absolute atomic E-state index is 0.0349. The molecule has 2 aliphatic carbocycles. The van der Waals surface area contributed by atoms with Gasteiger partial charge < -0.3 is 24.7 Å². The van der Waals surface area contributed by atoms with Crippen molar-refractivity contribution in [2.45, 2.75) is 75.2 Å². The molecule has 0 spiro atoms. The lowest BCUT2D eigenvalue weighted by atomic mass is 9.89. The maximum atomic E-state index is 13.0. The quantitative estimate of drug-likeness (QED) is 0.327. The maximum absolute atomic E-state index is 13.0. The zero-order valence-corrected chi connectivity index (χ0v) is 21.8. The molecule has 0 radical (unpaired) electrons. The summed E-state index contributed by atoms with van der Waals surface area (Å²) in [7, 11) is 0. The number of piperidine rings is 1. The predicted octanol–water partition coefficient (Wildman–Crippen LogP) is 6.03. The SMILES string of the molecule is FC(F)(F)Oc1ccc(-c2cnc(N[C@@H]3CCCC[C@H]3N[C@H]3C[C@@H]4C[C@H]3N(c3ncc(C(F)(F)F)cn3)C4)o2)cc1. The average molecular weight is 583 g/mol. The van der Waals surface area contributed by atoms with Gasteiger partial charge >= 0.3 is 12.5 Å². The number of oxazole rings is 1. The van der Waals surface area contributed by atoms with Gasteiger partial charge in [-0.1, -0.05) is 12.8 Å². The van der Waals surface area contributed by atoms with Gasteiger partial charge in [-0.25, -0.2) is 15.0 Å².